The molecule has 1 aliphatic carbocycles. The van der Waals surface area contributed by atoms with E-state index in [0.717, 1.165) is 35.7 Å². The van der Waals surface area contributed by atoms with Crippen LogP contribution in [0, 0.1) is 17.5 Å². The quantitative estimate of drug-likeness (QED) is 0.566. The fourth-order valence-electron chi connectivity index (χ4n) is 4.52. The fourth-order valence-corrected chi connectivity index (χ4v) is 8.00. The largest absolute Gasteiger partial charge is 0.343 e. The van der Waals surface area contributed by atoms with Crippen LogP contribution in [0.5, 0.6) is 0 Å². The fraction of sp³-hybridized carbons (Fsp3) is 0.476. The normalized spacial score (nSPS) is 19.9. The van der Waals surface area contributed by atoms with Gasteiger partial charge < -0.3 is 9.88 Å². The number of carbonyl (C=O) groups excluding carboxylic acids is 1. The van der Waals surface area contributed by atoms with Gasteiger partial charge in [0.15, 0.2) is 17.5 Å². The van der Waals surface area contributed by atoms with Crippen molar-refractivity contribution in [3.05, 3.63) is 47.5 Å². The van der Waals surface area contributed by atoms with Crippen LogP contribution in [0.1, 0.15) is 42.6 Å². The molecule has 192 valence electrons. The van der Waals surface area contributed by atoms with Crippen LogP contribution < -0.4 is 10.0 Å². The number of nitrogens with one attached hydrogen (secondary N) is 2. The Bertz CT molecular complexity index is 1360. The number of benzene rings is 1. The van der Waals surface area contributed by atoms with E-state index in [1.807, 2.05) is 0 Å². The van der Waals surface area contributed by atoms with E-state index in [2.05, 4.69) is 10.0 Å². The first-order chi connectivity index (χ1) is 16.4. The van der Waals surface area contributed by atoms with Crippen LogP contribution >= 0.6 is 0 Å². The van der Waals surface area contributed by atoms with Gasteiger partial charge in [-0.15, -0.1) is 0 Å². The number of halogens is 3. The minimum absolute atomic E-state index is 0.0595. The maximum Gasteiger partial charge on any atom is 0.275 e. The molecule has 2 aromatic rings. The van der Waals surface area contributed by atoms with E-state index >= 15 is 4.39 Å². The first-order valence-corrected chi connectivity index (χ1v) is 14.0. The van der Waals surface area contributed by atoms with E-state index in [4.69, 9.17) is 0 Å². The maximum atomic E-state index is 15.1. The molecule has 2 aliphatic rings. The lowest BCUT2D eigenvalue weighted by atomic mass is 10.3. The first kappa shape index (κ1) is 25.7. The van der Waals surface area contributed by atoms with Crippen LogP contribution in [-0.2, 0) is 27.1 Å². The SMILES string of the molecule is Cn1cc(S(=O)(=O)N[C@@H]2CCN(S(=O)(=O)C3CCCC3)C2)c(F)c1C(=O)Nc1ccc(F)c(F)c1. The Labute approximate surface area is 201 Å². The summed E-state index contributed by atoms with van der Waals surface area (Å²) in [6, 6.07) is 1.81. The van der Waals surface area contributed by atoms with Gasteiger partial charge in [0.2, 0.25) is 20.0 Å². The molecule has 1 amide bonds. The smallest absolute Gasteiger partial charge is 0.275 e. The Balaban J connectivity index is 1.48. The number of hydrogen-bond donors (Lipinski definition) is 2. The van der Waals surface area contributed by atoms with Crippen LogP contribution in [0.2, 0.25) is 0 Å². The molecule has 1 atom stereocenters. The van der Waals surface area contributed by atoms with Crippen molar-refractivity contribution >= 4 is 31.6 Å². The van der Waals surface area contributed by atoms with E-state index in [1.165, 1.54) is 11.4 Å². The summed E-state index contributed by atoms with van der Waals surface area (Å²) in [5, 5.41) is 1.74. The number of anilines is 1. The predicted octanol–water partition coefficient (Wildman–Crippen LogP) is 2.32. The van der Waals surface area contributed by atoms with Crippen molar-refractivity contribution in [2.24, 2.45) is 7.05 Å². The van der Waals surface area contributed by atoms with Crippen LogP contribution in [-0.4, -0.2) is 56.0 Å². The van der Waals surface area contributed by atoms with Gasteiger partial charge in [-0.2, -0.15) is 0 Å². The second kappa shape index (κ2) is 9.56. The van der Waals surface area contributed by atoms with Crippen LogP contribution in [0.3, 0.4) is 0 Å². The third kappa shape index (κ3) is 5.10. The lowest BCUT2D eigenvalue weighted by Crippen LogP contribution is -2.40. The molecule has 1 aromatic carbocycles. The Morgan fingerprint density at radius 3 is 2.37 bits per heavy atom. The van der Waals surface area contributed by atoms with Gasteiger partial charge in [0.05, 0.1) is 5.25 Å². The summed E-state index contributed by atoms with van der Waals surface area (Å²) in [4.78, 5) is 11.8. The third-order valence-electron chi connectivity index (χ3n) is 6.33. The molecule has 0 bridgehead atoms. The van der Waals surface area contributed by atoms with Crippen LogP contribution in [0.4, 0.5) is 18.9 Å². The maximum absolute atomic E-state index is 15.1. The monoisotopic (exact) mass is 534 g/mol. The van der Waals surface area contributed by atoms with E-state index in [1.54, 1.807) is 0 Å². The van der Waals surface area contributed by atoms with E-state index in [0.29, 0.717) is 18.9 Å². The summed E-state index contributed by atoms with van der Waals surface area (Å²) in [6.07, 6.45) is 3.99. The Morgan fingerprint density at radius 1 is 1.03 bits per heavy atom. The molecular formula is C21H25F3N4O5S2. The zero-order valence-corrected chi connectivity index (χ0v) is 20.4. The van der Waals surface area contributed by atoms with E-state index < -0.39 is 65.3 Å². The van der Waals surface area contributed by atoms with Crippen molar-refractivity contribution in [2.75, 3.05) is 18.4 Å². The molecule has 1 saturated carbocycles. The van der Waals surface area contributed by atoms with Crippen LogP contribution in [0.15, 0.2) is 29.3 Å². The lowest BCUT2D eigenvalue weighted by Gasteiger charge is -2.21. The topological polar surface area (TPSA) is 118 Å². The Kier molecular flexibility index (Phi) is 7.01. The van der Waals surface area contributed by atoms with Crippen molar-refractivity contribution in [3.63, 3.8) is 0 Å². The van der Waals surface area contributed by atoms with Crippen molar-refractivity contribution in [1.29, 1.82) is 0 Å². The highest BCUT2D eigenvalue weighted by atomic mass is 32.2. The van der Waals surface area contributed by atoms with Gasteiger partial charge in [-0.25, -0.2) is 39.0 Å². The second-order valence-corrected chi connectivity index (χ2v) is 12.7. The molecule has 1 saturated heterocycles. The number of aromatic nitrogens is 1. The highest BCUT2D eigenvalue weighted by molar-refractivity contribution is 7.90. The minimum Gasteiger partial charge on any atom is -0.343 e. The van der Waals surface area contributed by atoms with Gasteiger partial charge in [-0.05, 0) is 31.4 Å². The number of hydrogen-bond acceptors (Lipinski definition) is 5. The molecule has 35 heavy (non-hydrogen) atoms. The van der Waals surface area contributed by atoms with E-state index in [-0.39, 0.29) is 25.2 Å². The van der Waals surface area contributed by atoms with Gasteiger partial charge in [0, 0.05) is 44.1 Å². The highest BCUT2D eigenvalue weighted by Crippen LogP contribution is 2.30. The van der Waals surface area contributed by atoms with Gasteiger partial charge in [-0.1, -0.05) is 12.8 Å². The summed E-state index contributed by atoms with van der Waals surface area (Å²) >= 11 is 0. The second-order valence-electron chi connectivity index (χ2n) is 8.77. The number of aryl methyl sites for hydroxylation is 1. The summed E-state index contributed by atoms with van der Waals surface area (Å²) in [5.41, 5.74) is -0.779. The molecule has 9 nitrogen and oxygen atoms in total. The summed E-state index contributed by atoms with van der Waals surface area (Å²) in [5.74, 6) is -4.74. The minimum atomic E-state index is -4.44. The van der Waals surface area contributed by atoms with Gasteiger partial charge in [0.1, 0.15) is 10.6 Å². The molecule has 14 heteroatoms. The molecule has 4 rings (SSSR count). The highest BCUT2D eigenvalue weighted by Gasteiger charge is 2.40. The summed E-state index contributed by atoms with van der Waals surface area (Å²) in [6.45, 7) is 0.0984. The van der Waals surface area contributed by atoms with Crippen molar-refractivity contribution in [2.45, 2.75) is 48.3 Å². The predicted molar refractivity (Wildman–Crippen MR) is 121 cm³/mol. The molecule has 1 aromatic heterocycles. The van der Waals surface area contributed by atoms with Gasteiger partial charge in [0.25, 0.3) is 5.91 Å². The molecule has 0 spiro atoms. The molecular weight excluding hydrogens is 509 g/mol. The molecule has 2 fully saturated rings. The number of sulfonamides is 2. The zero-order valence-electron chi connectivity index (χ0n) is 18.8. The van der Waals surface area contributed by atoms with Crippen LogP contribution in [0.25, 0.3) is 0 Å². The number of carbonyl (C=O) groups is 1. The van der Waals surface area contributed by atoms with Crippen molar-refractivity contribution in [1.82, 2.24) is 13.6 Å². The average Bonchev–Trinajstić information content (AvgIpc) is 3.52. The standard InChI is InChI=1S/C21H25F3N4O5S2/c1-27-12-18(19(24)20(27)21(29)25-13-6-7-16(22)17(23)10-13)34(30,31)26-14-8-9-28(11-14)35(32,33)15-4-2-3-5-15/h6-7,10,12,14-15,26H,2-5,8-9,11H2,1H3,(H,25,29)/t14-/m1/s1. The van der Waals surface area contributed by atoms with Gasteiger partial charge >= 0.3 is 0 Å². The first-order valence-electron chi connectivity index (χ1n) is 11.0. The lowest BCUT2D eigenvalue weighted by molar-refractivity contribution is 0.101. The Morgan fingerprint density at radius 2 is 1.71 bits per heavy atom. The van der Waals surface area contributed by atoms with Crippen molar-refractivity contribution < 1.29 is 34.8 Å². The van der Waals surface area contributed by atoms with Crippen molar-refractivity contribution in [3.8, 4) is 0 Å². The van der Waals surface area contributed by atoms with Gasteiger partial charge in [-0.3, -0.25) is 4.79 Å². The number of rotatable bonds is 7. The summed E-state index contributed by atoms with van der Waals surface area (Å²) in [7, 11) is -6.71. The zero-order chi connectivity index (χ0) is 25.5. The molecule has 0 unspecified atom stereocenters. The van der Waals surface area contributed by atoms with E-state index in [9.17, 15) is 30.4 Å². The number of nitrogens with zero attached hydrogens (tertiary/aromatic N) is 2. The molecule has 2 N–H and O–H groups in total. The Hall–Kier alpha value is -2.42. The average molecular weight is 535 g/mol. The summed E-state index contributed by atoms with van der Waals surface area (Å²) < 4.78 is 97.5. The molecule has 2 heterocycles. The molecule has 1 aliphatic heterocycles. The molecule has 0 radical (unpaired) electrons. The third-order valence-corrected chi connectivity index (χ3v) is 10.2. The number of amides is 1.